The second kappa shape index (κ2) is 8.85. The summed E-state index contributed by atoms with van der Waals surface area (Å²) in [6.45, 7) is 1.38. The van der Waals surface area contributed by atoms with E-state index < -0.39 is 28.4 Å². The zero-order valence-electron chi connectivity index (χ0n) is 16.1. The number of aryl methyl sites for hydroxylation is 1. The van der Waals surface area contributed by atoms with Crippen LogP contribution in [0.5, 0.6) is 5.75 Å². The predicted molar refractivity (Wildman–Crippen MR) is 104 cm³/mol. The lowest BCUT2D eigenvalue weighted by atomic mass is 10.2. The van der Waals surface area contributed by atoms with E-state index >= 15 is 0 Å². The van der Waals surface area contributed by atoms with E-state index in [9.17, 15) is 18.0 Å². The number of carbonyl (C=O) groups is 2. The quantitative estimate of drug-likeness (QED) is 0.706. The molecule has 0 saturated heterocycles. The van der Waals surface area contributed by atoms with Crippen LogP contribution < -0.4 is 10.1 Å². The van der Waals surface area contributed by atoms with Gasteiger partial charge in [-0.15, -0.1) is 0 Å². The molecule has 2 rings (SSSR count). The number of nitrogens with zero attached hydrogens (tertiary/aromatic N) is 1. The fraction of sp³-hybridized carbons (Fsp3) is 0.263. The van der Waals surface area contributed by atoms with Crippen molar-refractivity contribution in [2.75, 3.05) is 33.1 Å². The molecule has 0 fully saturated rings. The summed E-state index contributed by atoms with van der Waals surface area (Å²) in [4.78, 5) is 23.7. The minimum Gasteiger partial charge on any atom is -0.495 e. The van der Waals surface area contributed by atoms with Gasteiger partial charge in [-0.05, 0) is 48.9 Å². The summed E-state index contributed by atoms with van der Waals surface area (Å²) in [6.07, 6.45) is 0. The number of rotatable bonds is 7. The molecule has 0 bridgehead atoms. The van der Waals surface area contributed by atoms with Gasteiger partial charge >= 0.3 is 5.97 Å². The molecular formula is C19H22N2O6S. The van der Waals surface area contributed by atoms with E-state index in [0.29, 0.717) is 11.3 Å². The number of methoxy groups -OCH3 is 2. The van der Waals surface area contributed by atoms with Gasteiger partial charge in [-0.2, -0.15) is 4.31 Å². The number of amides is 1. The van der Waals surface area contributed by atoms with Gasteiger partial charge in [0.25, 0.3) is 0 Å². The van der Waals surface area contributed by atoms with Gasteiger partial charge in [0.15, 0.2) is 0 Å². The summed E-state index contributed by atoms with van der Waals surface area (Å²) in [6, 6.07) is 10.9. The molecule has 8 nitrogen and oxygen atoms in total. The first-order valence-electron chi connectivity index (χ1n) is 8.28. The largest absolute Gasteiger partial charge is 0.495 e. The number of carbonyl (C=O) groups excluding carboxylic acids is 2. The third-order valence-electron chi connectivity index (χ3n) is 3.96. The van der Waals surface area contributed by atoms with E-state index in [4.69, 9.17) is 4.74 Å². The Labute approximate surface area is 164 Å². The van der Waals surface area contributed by atoms with Gasteiger partial charge < -0.3 is 14.8 Å². The van der Waals surface area contributed by atoms with Crippen molar-refractivity contribution in [2.24, 2.45) is 0 Å². The van der Waals surface area contributed by atoms with Crippen LogP contribution >= 0.6 is 0 Å². The Kier molecular flexibility index (Phi) is 6.76. The Bertz CT molecular complexity index is 970. The SMILES string of the molecule is COC(=O)c1ccc(NC(=O)CN(C)S(=O)(=O)c2cc(C)ccc2OC)cc1. The van der Waals surface area contributed by atoms with E-state index in [1.807, 2.05) is 0 Å². The Hall–Kier alpha value is -2.91. The molecule has 0 aliphatic carbocycles. The molecule has 0 saturated carbocycles. The first-order valence-corrected chi connectivity index (χ1v) is 9.72. The lowest BCUT2D eigenvalue weighted by Gasteiger charge is -2.19. The topological polar surface area (TPSA) is 102 Å². The number of hydrogen-bond donors (Lipinski definition) is 1. The predicted octanol–water partition coefficient (Wildman–Crippen LogP) is 2.05. The molecule has 0 aliphatic heterocycles. The van der Waals surface area contributed by atoms with Gasteiger partial charge in [-0.1, -0.05) is 6.07 Å². The third kappa shape index (κ3) is 4.87. The smallest absolute Gasteiger partial charge is 0.337 e. The number of nitrogens with one attached hydrogen (secondary N) is 1. The highest BCUT2D eigenvalue weighted by Crippen LogP contribution is 2.27. The summed E-state index contributed by atoms with van der Waals surface area (Å²) >= 11 is 0. The van der Waals surface area contributed by atoms with Crippen molar-refractivity contribution in [2.45, 2.75) is 11.8 Å². The van der Waals surface area contributed by atoms with E-state index in [2.05, 4.69) is 10.1 Å². The molecule has 9 heteroatoms. The summed E-state index contributed by atoms with van der Waals surface area (Å²) in [7, 11) is 0.0485. The van der Waals surface area contributed by atoms with Crippen molar-refractivity contribution in [3.8, 4) is 5.75 Å². The molecule has 0 radical (unpaired) electrons. The zero-order chi connectivity index (χ0) is 20.9. The molecule has 2 aromatic rings. The summed E-state index contributed by atoms with van der Waals surface area (Å²) in [5.41, 5.74) is 1.52. The van der Waals surface area contributed by atoms with Gasteiger partial charge in [0.1, 0.15) is 10.6 Å². The average molecular weight is 406 g/mol. The minimum atomic E-state index is -3.93. The Morgan fingerprint density at radius 2 is 1.71 bits per heavy atom. The molecule has 0 aromatic heterocycles. The monoisotopic (exact) mass is 406 g/mol. The average Bonchev–Trinajstić information content (AvgIpc) is 2.67. The molecule has 1 amide bonds. The van der Waals surface area contributed by atoms with E-state index in [-0.39, 0.29) is 10.6 Å². The highest BCUT2D eigenvalue weighted by molar-refractivity contribution is 7.89. The van der Waals surface area contributed by atoms with Crippen LogP contribution in [0.15, 0.2) is 47.4 Å². The van der Waals surface area contributed by atoms with Crippen molar-refractivity contribution in [1.29, 1.82) is 0 Å². The van der Waals surface area contributed by atoms with Gasteiger partial charge in [-0.25, -0.2) is 13.2 Å². The van der Waals surface area contributed by atoms with Crippen molar-refractivity contribution in [3.05, 3.63) is 53.6 Å². The molecule has 0 aliphatic rings. The molecule has 1 N–H and O–H groups in total. The standard InChI is InChI=1S/C19H22N2O6S/c1-13-5-10-16(26-3)17(11-13)28(24,25)21(2)12-18(22)20-15-8-6-14(7-9-15)19(23)27-4/h5-11H,12H2,1-4H3,(H,20,22). The van der Waals surface area contributed by atoms with Crippen LogP contribution in [0.4, 0.5) is 5.69 Å². The molecule has 150 valence electrons. The number of ether oxygens (including phenoxy) is 2. The van der Waals surface area contributed by atoms with Crippen molar-refractivity contribution in [3.63, 3.8) is 0 Å². The normalized spacial score (nSPS) is 11.2. The van der Waals surface area contributed by atoms with Crippen LogP contribution in [-0.2, 0) is 19.6 Å². The van der Waals surface area contributed by atoms with E-state index in [0.717, 1.165) is 9.87 Å². The summed E-state index contributed by atoms with van der Waals surface area (Å²) in [5, 5.41) is 2.59. The lowest BCUT2D eigenvalue weighted by Crippen LogP contribution is -2.35. The maximum atomic E-state index is 12.8. The van der Waals surface area contributed by atoms with Crippen molar-refractivity contribution in [1.82, 2.24) is 4.31 Å². The first-order chi connectivity index (χ1) is 13.2. The number of benzene rings is 2. The van der Waals surface area contributed by atoms with Crippen LogP contribution in [0.2, 0.25) is 0 Å². The van der Waals surface area contributed by atoms with Crippen LogP contribution in [0.25, 0.3) is 0 Å². The Balaban J connectivity index is 2.11. The lowest BCUT2D eigenvalue weighted by molar-refractivity contribution is -0.116. The molecular weight excluding hydrogens is 384 g/mol. The second-order valence-corrected chi connectivity index (χ2v) is 8.05. The Morgan fingerprint density at radius 3 is 2.29 bits per heavy atom. The molecule has 0 heterocycles. The molecule has 0 atom stereocenters. The molecule has 0 unspecified atom stereocenters. The number of esters is 1. The molecule has 2 aromatic carbocycles. The van der Waals surface area contributed by atoms with Crippen molar-refractivity contribution < 1.29 is 27.5 Å². The van der Waals surface area contributed by atoms with E-state index in [1.165, 1.54) is 51.6 Å². The van der Waals surface area contributed by atoms with Gasteiger partial charge in [0, 0.05) is 12.7 Å². The highest BCUT2D eigenvalue weighted by Gasteiger charge is 2.26. The first kappa shape index (κ1) is 21.4. The summed E-state index contributed by atoms with van der Waals surface area (Å²) in [5.74, 6) is -0.810. The maximum absolute atomic E-state index is 12.8. The van der Waals surface area contributed by atoms with Gasteiger partial charge in [-0.3, -0.25) is 4.79 Å². The Morgan fingerprint density at radius 1 is 1.07 bits per heavy atom. The second-order valence-electron chi connectivity index (χ2n) is 6.03. The maximum Gasteiger partial charge on any atom is 0.337 e. The number of sulfonamides is 1. The third-order valence-corrected chi connectivity index (χ3v) is 5.79. The van der Waals surface area contributed by atoms with Crippen LogP contribution in [0.3, 0.4) is 0 Å². The van der Waals surface area contributed by atoms with Crippen LogP contribution in [0.1, 0.15) is 15.9 Å². The fourth-order valence-corrected chi connectivity index (χ4v) is 3.81. The molecule has 28 heavy (non-hydrogen) atoms. The van der Waals surface area contributed by atoms with Gasteiger partial charge in [0.05, 0.1) is 26.3 Å². The number of likely N-dealkylation sites (N-methyl/N-ethyl adjacent to an activating group) is 1. The minimum absolute atomic E-state index is 0.00673. The number of hydrogen-bond acceptors (Lipinski definition) is 6. The van der Waals surface area contributed by atoms with Gasteiger partial charge in [0.2, 0.25) is 15.9 Å². The van der Waals surface area contributed by atoms with Crippen LogP contribution in [-0.4, -0.2) is 52.4 Å². The number of anilines is 1. The van der Waals surface area contributed by atoms with Crippen LogP contribution in [0, 0.1) is 6.92 Å². The van der Waals surface area contributed by atoms with Crippen molar-refractivity contribution >= 4 is 27.6 Å². The highest BCUT2D eigenvalue weighted by atomic mass is 32.2. The zero-order valence-corrected chi connectivity index (χ0v) is 16.9. The fourth-order valence-electron chi connectivity index (χ4n) is 2.45. The van der Waals surface area contributed by atoms with E-state index in [1.54, 1.807) is 19.1 Å². The molecule has 0 spiro atoms. The summed E-state index contributed by atoms with van der Waals surface area (Å²) < 4.78 is 36.3.